The third kappa shape index (κ3) is 4.38. The Hall–Kier alpha value is -3.04. The van der Waals surface area contributed by atoms with Gasteiger partial charge in [0.15, 0.2) is 0 Å². The number of anilines is 2. The second-order valence-corrected chi connectivity index (χ2v) is 8.58. The summed E-state index contributed by atoms with van der Waals surface area (Å²) in [5, 5.41) is 5.35. The number of hydrogen-bond acceptors (Lipinski definition) is 8. The van der Waals surface area contributed by atoms with E-state index >= 15 is 0 Å². The van der Waals surface area contributed by atoms with E-state index in [0.717, 1.165) is 55.7 Å². The highest BCUT2D eigenvalue weighted by atomic mass is 32.1. The van der Waals surface area contributed by atoms with Crippen molar-refractivity contribution in [2.75, 3.05) is 37.2 Å². The molecule has 0 unspecified atom stereocenters. The van der Waals surface area contributed by atoms with Crippen molar-refractivity contribution in [3.05, 3.63) is 58.8 Å². The second kappa shape index (κ2) is 8.99. The lowest BCUT2D eigenvalue weighted by Gasteiger charge is -2.32. The number of aromatic nitrogens is 5. The first-order valence-electron chi connectivity index (χ1n) is 10.6. The molecule has 0 atom stereocenters. The Kier molecular flexibility index (Phi) is 5.77. The Balaban J connectivity index is 1.23. The maximum atomic E-state index is 6.30. The molecule has 0 aliphatic carbocycles. The summed E-state index contributed by atoms with van der Waals surface area (Å²) in [5.74, 6) is 1.75. The molecule has 160 valence electrons. The van der Waals surface area contributed by atoms with Crippen LogP contribution in [0.5, 0.6) is 0 Å². The molecule has 0 amide bonds. The Morgan fingerprint density at radius 1 is 1.10 bits per heavy atom. The van der Waals surface area contributed by atoms with Gasteiger partial charge in [0.25, 0.3) is 0 Å². The van der Waals surface area contributed by atoms with Gasteiger partial charge in [0, 0.05) is 30.9 Å². The van der Waals surface area contributed by atoms with Crippen molar-refractivity contribution in [1.29, 1.82) is 0 Å². The van der Waals surface area contributed by atoms with E-state index in [4.69, 9.17) is 10.7 Å². The smallest absolute Gasteiger partial charge is 0.222 e. The number of thiazole rings is 1. The zero-order valence-electron chi connectivity index (χ0n) is 17.3. The minimum Gasteiger partial charge on any atom is -0.369 e. The van der Waals surface area contributed by atoms with E-state index in [-0.39, 0.29) is 0 Å². The number of nitrogens with one attached hydrogen (secondary N) is 1. The third-order valence-corrected chi connectivity index (χ3v) is 6.58. The average Bonchev–Trinajstić information content (AvgIpc) is 3.43. The topological polar surface area (TPSA) is 97.8 Å². The first-order chi connectivity index (χ1) is 15.3. The van der Waals surface area contributed by atoms with E-state index in [1.165, 1.54) is 5.56 Å². The number of imidazole rings is 1. The molecule has 4 heterocycles. The van der Waals surface area contributed by atoms with Gasteiger partial charge in [0.05, 0.1) is 28.8 Å². The van der Waals surface area contributed by atoms with Crippen molar-refractivity contribution in [2.24, 2.45) is 0 Å². The van der Waals surface area contributed by atoms with Gasteiger partial charge in [0.1, 0.15) is 0 Å². The van der Waals surface area contributed by atoms with E-state index in [1.54, 1.807) is 23.7 Å². The zero-order valence-corrected chi connectivity index (χ0v) is 18.1. The molecule has 0 radical (unpaired) electrons. The fraction of sp³-hybridized carbons (Fsp3) is 0.364. The highest BCUT2D eigenvalue weighted by Crippen LogP contribution is 2.33. The number of nitrogen functional groups attached to an aromatic ring is 1. The van der Waals surface area contributed by atoms with Gasteiger partial charge in [-0.15, -0.1) is 11.3 Å². The molecule has 0 saturated carbocycles. The normalized spacial score (nSPS) is 15.5. The van der Waals surface area contributed by atoms with E-state index < -0.39 is 0 Å². The fourth-order valence-electron chi connectivity index (χ4n) is 4.34. The first kappa shape index (κ1) is 19.9. The van der Waals surface area contributed by atoms with Gasteiger partial charge in [-0.1, -0.05) is 12.1 Å². The largest absolute Gasteiger partial charge is 0.369 e. The second-order valence-electron chi connectivity index (χ2n) is 7.87. The standard InChI is InChI=1S/C22H26N8S/c23-21-28-20-18(3-1-4-19(20)30(21)13-17-14-31-15-27-17)16-5-10-29(11-6-16)12-9-26-22-24-7-2-8-25-22/h1-4,7-8,14-16H,5-6,9-13H2,(H2,23,28)(H,24,25,26). The first-order valence-corrected chi connectivity index (χ1v) is 11.6. The molecule has 3 aromatic heterocycles. The van der Waals surface area contributed by atoms with Crippen LogP contribution in [0.2, 0.25) is 0 Å². The van der Waals surface area contributed by atoms with Crippen molar-refractivity contribution in [2.45, 2.75) is 25.3 Å². The number of para-hydroxylation sites is 1. The molecule has 8 nitrogen and oxygen atoms in total. The molecular formula is C22H26N8S. The van der Waals surface area contributed by atoms with Gasteiger partial charge < -0.3 is 20.5 Å². The molecule has 0 spiro atoms. The summed E-state index contributed by atoms with van der Waals surface area (Å²) in [6.45, 7) is 4.65. The predicted octanol–water partition coefficient (Wildman–Crippen LogP) is 3.20. The van der Waals surface area contributed by atoms with Gasteiger partial charge in [-0.05, 0) is 49.5 Å². The highest BCUT2D eigenvalue weighted by Gasteiger charge is 2.24. The minimum atomic E-state index is 0.507. The summed E-state index contributed by atoms with van der Waals surface area (Å²) in [6.07, 6.45) is 5.76. The quantitative estimate of drug-likeness (QED) is 0.461. The number of benzene rings is 1. The summed E-state index contributed by atoms with van der Waals surface area (Å²) in [4.78, 5) is 20.1. The molecule has 1 aromatic carbocycles. The number of rotatable bonds is 7. The van der Waals surface area contributed by atoms with Crippen LogP contribution in [0.3, 0.4) is 0 Å². The van der Waals surface area contributed by atoms with Crippen molar-refractivity contribution in [1.82, 2.24) is 29.4 Å². The van der Waals surface area contributed by atoms with Crippen LogP contribution in [-0.4, -0.2) is 55.6 Å². The van der Waals surface area contributed by atoms with E-state index in [2.05, 4.69) is 53.3 Å². The molecule has 4 aromatic rings. The van der Waals surface area contributed by atoms with Crippen LogP contribution in [-0.2, 0) is 6.54 Å². The van der Waals surface area contributed by atoms with Crippen molar-refractivity contribution in [3.63, 3.8) is 0 Å². The van der Waals surface area contributed by atoms with Gasteiger partial charge in [-0.25, -0.2) is 19.9 Å². The fourth-order valence-corrected chi connectivity index (χ4v) is 4.89. The molecule has 31 heavy (non-hydrogen) atoms. The van der Waals surface area contributed by atoms with Gasteiger partial charge in [-0.3, -0.25) is 0 Å². The minimum absolute atomic E-state index is 0.507. The number of likely N-dealkylation sites (tertiary alicyclic amines) is 1. The maximum absolute atomic E-state index is 6.30. The van der Waals surface area contributed by atoms with Crippen LogP contribution in [0.1, 0.15) is 30.0 Å². The molecule has 0 bridgehead atoms. The van der Waals surface area contributed by atoms with Gasteiger partial charge >= 0.3 is 0 Å². The molecule has 1 saturated heterocycles. The van der Waals surface area contributed by atoms with Gasteiger partial charge in [-0.2, -0.15) is 0 Å². The van der Waals surface area contributed by atoms with Crippen molar-refractivity contribution < 1.29 is 0 Å². The number of nitrogens with two attached hydrogens (primary N) is 1. The van der Waals surface area contributed by atoms with E-state index in [1.807, 2.05) is 11.6 Å². The summed E-state index contributed by atoms with van der Waals surface area (Å²) in [7, 11) is 0. The Labute approximate surface area is 185 Å². The van der Waals surface area contributed by atoms with Crippen LogP contribution in [0, 0.1) is 0 Å². The van der Waals surface area contributed by atoms with Gasteiger partial charge in [0.2, 0.25) is 11.9 Å². The molecule has 1 aliphatic heterocycles. The number of piperidine rings is 1. The predicted molar refractivity (Wildman–Crippen MR) is 124 cm³/mol. The molecular weight excluding hydrogens is 408 g/mol. The lowest BCUT2D eigenvalue weighted by Crippen LogP contribution is -2.36. The zero-order chi connectivity index (χ0) is 21.0. The SMILES string of the molecule is Nc1nc2c(C3CCN(CCNc4ncccn4)CC3)cccc2n1Cc1cscn1. The molecule has 9 heteroatoms. The van der Waals surface area contributed by atoms with Crippen molar-refractivity contribution >= 4 is 34.3 Å². The summed E-state index contributed by atoms with van der Waals surface area (Å²) < 4.78 is 2.07. The summed E-state index contributed by atoms with van der Waals surface area (Å²) >= 11 is 1.60. The summed E-state index contributed by atoms with van der Waals surface area (Å²) in [6, 6.07) is 8.29. The number of fused-ring (bicyclic) bond motifs is 1. The van der Waals surface area contributed by atoms with Crippen LogP contribution >= 0.6 is 11.3 Å². The average molecular weight is 435 g/mol. The Morgan fingerprint density at radius 2 is 1.94 bits per heavy atom. The van der Waals surface area contributed by atoms with Crippen LogP contribution in [0.15, 0.2) is 47.5 Å². The number of hydrogen-bond donors (Lipinski definition) is 2. The molecule has 1 aliphatic rings. The molecule has 1 fully saturated rings. The lowest BCUT2D eigenvalue weighted by atomic mass is 9.88. The third-order valence-electron chi connectivity index (χ3n) is 5.95. The number of nitrogens with zero attached hydrogens (tertiary/aromatic N) is 6. The highest BCUT2D eigenvalue weighted by molar-refractivity contribution is 7.07. The van der Waals surface area contributed by atoms with Crippen LogP contribution < -0.4 is 11.1 Å². The van der Waals surface area contributed by atoms with E-state index in [0.29, 0.717) is 24.4 Å². The van der Waals surface area contributed by atoms with Crippen LogP contribution in [0.25, 0.3) is 11.0 Å². The summed E-state index contributed by atoms with van der Waals surface area (Å²) in [5.41, 5.74) is 12.6. The maximum Gasteiger partial charge on any atom is 0.222 e. The molecule has 5 rings (SSSR count). The van der Waals surface area contributed by atoms with E-state index in [9.17, 15) is 0 Å². The Morgan fingerprint density at radius 3 is 2.71 bits per heavy atom. The lowest BCUT2D eigenvalue weighted by molar-refractivity contribution is 0.220. The van der Waals surface area contributed by atoms with Crippen LogP contribution in [0.4, 0.5) is 11.9 Å². The monoisotopic (exact) mass is 434 g/mol. The Bertz CT molecular complexity index is 1120. The molecule has 3 N–H and O–H groups in total. The van der Waals surface area contributed by atoms with Crippen molar-refractivity contribution in [3.8, 4) is 0 Å².